The second kappa shape index (κ2) is 6.91. The summed E-state index contributed by atoms with van der Waals surface area (Å²) in [6, 6.07) is 10.4. The molecule has 1 N–H and O–H groups in total. The average molecular weight is 249 g/mol. The molecule has 0 aromatic heterocycles. The minimum Gasteiger partial charge on any atom is -0.388 e. The maximum absolute atomic E-state index is 11.0. The van der Waals surface area contributed by atoms with Gasteiger partial charge in [0.05, 0.1) is 11.6 Å². The van der Waals surface area contributed by atoms with Gasteiger partial charge >= 0.3 is 0 Å². The minimum absolute atomic E-state index is 0.0650. The van der Waals surface area contributed by atoms with Crippen LogP contribution in [0, 0.1) is 0 Å². The van der Waals surface area contributed by atoms with Gasteiger partial charge in [0.1, 0.15) is 0 Å². The van der Waals surface area contributed by atoms with E-state index in [1.807, 2.05) is 32.3 Å². The molecule has 0 heterocycles. The Balaban J connectivity index is 3.02. The molecule has 1 aromatic carbocycles. The van der Waals surface area contributed by atoms with Crippen molar-refractivity contribution in [2.45, 2.75) is 51.2 Å². The topological polar surface area (TPSA) is 23.5 Å². The van der Waals surface area contributed by atoms with Gasteiger partial charge in [-0.15, -0.1) is 0 Å². The first-order valence-electron chi connectivity index (χ1n) is 6.99. The molecule has 2 nitrogen and oxygen atoms in total. The Labute approximate surface area is 112 Å². The van der Waals surface area contributed by atoms with Gasteiger partial charge in [0.25, 0.3) is 0 Å². The molecule has 0 saturated heterocycles. The molecular weight excluding hydrogens is 222 g/mol. The largest absolute Gasteiger partial charge is 0.388 e. The van der Waals surface area contributed by atoms with Gasteiger partial charge in [0.2, 0.25) is 0 Å². The zero-order valence-corrected chi connectivity index (χ0v) is 12.2. The highest BCUT2D eigenvalue weighted by Crippen LogP contribution is 2.36. The van der Waals surface area contributed by atoms with E-state index in [9.17, 15) is 5.11 Å². The molecule has 0 saturated carbocycles. The zero-order valence-electron chi connectivity index (χ0n) is 12.2. The molecule has 2 heteroatoms. The molecule has 0 bridgehead atoms. The summed E-state index contributed by atoms with van der Waals surface area (Å²) in [6.07, 6.45) is 3.83. The van der Waals surface area contributed by atoms with Crippen LogP contribution in [0.3, 0.4) is 0 Å². The van der Waals surface area contributed by atoms with E-state index in [1.165, 1.54) is 5.56 Å². The first-order valence-corrected chi connectivity index (χ1v) is 6.99. The van der Waals surface area contributed by atoms with Crippen molar-refractivity contribution in [1.82, 2.24) is 4.90 Å². The number of rotatable bonds is 7. The van der Waals surface area contributed by atoms with Crippen LogP contribution in [0.15, 0.2) is 30.3 Å². The number of hydrogen-bond acceptors (Lipinski definition) is 2. The summed E-state index contributed by atoms with van der Waals surface area (Å²) < 4.78 is 0. The SMILES string of the molecule is CCCCC(O)(CC)C(c1ccccc1)N(C)C. The van der Waals surface area contributed by atoms with Gasteiger partial charge in [0.15, 0.2) is 0 Å². The van der Waals surface area contributed by atoms with E-state index in [-0.39, 0.29) is 6.04 Å². The quantitative estimate of drug-likeness (QED) is 0.798. The van der Waals surface area contributed by atoms with Crippen molar-refractivity contribution < 1.29 is 5.11 Å². The summed E-state index contributed by atoms with van der Waals surface area (Å²) in [5.41, 5.74) is 0.559. The third-order valence-corrected chi connectivity index (χ3v) is 3.72. The number of aliphatic hydroxyl groups is 1. The molecule has 0 aliphatic carbocycles. The van der Waals surface area contributed by atoms with Gasteiger partial charge < -0.3 is 5.11 Å². The summed E-state index contributed by atoms with van der Waals surface area (Å²) in [4.78, 5) is 2.13. The van der Waals surface area contributed by atoms with Crippen molar-refractivity contribution in [2.75, 3.05) is 14.1 Å². The minimum atomic E-state index is -0.638. The molecule has 0 spiro atoms. The van der Waals surface area contributed by atoms with Crippen molar-refractivity contribution in [2.24, 2.45) is 0 Å². The number of unbranched alkanes of at least 4 members (excludes halogenated alkanes) is 1. The monoisotopic (exact) mass is 249 g/mol. The van der Waals surface area contributed by atoms with Gasteiger partial charge in [-0.2, -0.15) is 0 Å². The third kappa shape index (κ3) is 3.56. The van der Waals surface area contributed by atoms with E-state index in [1.54, 1.807) is 0 Å². The van der Waals surface area contributed by atoms with Crippen molar-refractivity contribution >= 4 is 0 Å². The van der Waals surface area contributed by atoms with E-state index >= 15 is 0 Å². The maximum Gasteiger partial charge on any atom is 0.0840 e. The molecule has 18 heavy (non-hydrogen) atoms. The second-order valence-corrected chi connectivity index (χ2v) is 5.34. The third-order valence-electron chi connectivity index (χ3n) is 3.72. The molecule has 0 amide bonds. The Hall–Kier alpha value is -0.860. The van der Waals surface area contributed by atoms with Crippen LogP contribution in [0.4, 0.5) is 0 Å². The average Bonchev–Trinajstić information content (AvgIpc) is 2.37. The van der Waals surface area contributed by atoms with Gasteiger partial charge in [-0.3, -0.25) is 4.90 Å². The van der Waals surface area contributed by atoms with Crippen LogP contribution in [0.2, 0.25) is 0 Å². The molecular formula is C16H27NO. The molecule has 2 unspecified atom stereocenters. The van der Waals surface area contributed by atoms with Crippen LogP contribution in [-0.2, 0) is 0 Å². The highest BCUT2D eigenvalue weighted by molar-refractivity contribution is 5.22. The smallest absolute Gasteiger partial charge is 0.0840 e. The highest BCUT2D eigenvalue weighted by atomic mass is 16.3. The van der Waals surface area contributed by atoms with Crippen LogP contribution in [0.5, 0.6) is 0 Å². The number of hydrogen-bond donors (Lipinski definition) is 1. The number of likely N-dealkylation sites (N-methyl/N-ethyl adjacent to an activating group) is 1. The summed E-state index contributed by atoms with van der Waals surface area (Å²) in [5.74, 6) is 0. The Morgan fingerprint density at radius 2 is 1.78 bits per heavy atom. The van der Waals surface area contributed by atoms with Gasteiger partial charge in [0, 0.05) is 0 Å². The van der Waals surface area contributed by atoms with Crippen molar-refractivity contribution in [3.05, 3.63) is 35.9 Å². The van der Waals surface area contributed by atoms with Crippen LogP contribution in [-0.4, -0.2) is 29.7 Å². The fourth-order valence-corrected chi connectivity index (χ4v) is 2.71. The number of benzene rings is 1. The van der Waals surface area contributed by atoms with E-state index < -0.39 is 5.60 Å². The van der Waals surface area contributed by atoms with Crippen LogP contribution >= 0.6 is 0 Å². The fraction of sp³-hybridized carbons (Fsp3) is 0.625. The van der Waals surface area contributed by atoms with E-state index in [4.69, 9.17) is 0 Å². The Kier molecular flexibility index (Phi) is 5.83. The van der Waals surface area contributed by atoms with Crippen molar-refractivity contribution in [3.8, 4) is 0 Å². The summed E-state index contributed by atoms with van der Waals surface area (Å²) in [5, 5.41) is 11.0. The predicted octanol–water partition coefficient (Wildman–Crippen LogP) is 3.62. The molecule has 0 aliphatic heterocycles. The summed E-state index contributed by atoms with van der Waals surface area (Å²) in [6.45, 7) is 4.25. The second-order valence-electron chi connectivity index (χ2n) is 5.34. The van der Waals surface area contributed by atoms with Crippen LogP contribution in [0.1, 0.15) is 51.1 Å². The predicted molar refractivity (Wildman–Crippen MR) is 77.6 cm³/mol. The Morgan fingerprint density at radius 1 is 1.17 bits per heavy atom. The van der Waals surface area contributed by atoms with Crippen molar-refractivity contribution in [1.29, 1.82) is 0 Å². The van der Waals surface area contributed by atoms with Crippen LogP contribution in [0.25, 0.3) is 0 Å². The summed E-state index contributed by atoms with van der Waals surface area (Å²) in [7, 11) is 4.09. The lowest BCUT2D eigenvalue weighted by molar-refractivity contribution is -0.0465. The molecule has 0 radical (unpaired) electrons. The molecule has 1 rings (SSSR count). The Bertz CT molecular complexity index is 336. The lowest BCUT2D eigenvalue weighted by Gasteiger charge is -2.40. The molecule has 0 aliphatic rings. The molecule has 1 aromatic rings. The van der Waals surface area contributed by atoms with Gasteiger partial charge in [-0.25, -0.2) is 0 Å². The fourth-order valence-electron chi connectivity index (χ4n) is 2.71. The molecule has 102 valence electrons. The lowest BCUT2D eigenvalue weighted by atomic mass is 9.81. The van der Waals surface area contributed by atoms with Gasteiger partial charge in [-0.05, 0) is 32.5 Å². The zero-order chi connectivity index (χ0) is 13.6. The normalized spacial score (nSPS) is 16.6. The highest BCUT2D eigenvalue weighted by Gasteiger charge is 2.36. The maximum atomic E-state index is 11.0. The Morgan fingerprint density at radius 3 is 2.22 bits per heavy atom. The number of nitrogens with zero attached hydrogens (tertiary/aromatic N) is 1. The summed E-state index contributed by atoms with van der Waals surface area (Å²) >= 11 is 0. The van der Waals surface area contributed by atoms with Crippen LogP contribution < -0.4 is 0 Å². The standard InChI is InChI=1S/C16H27NO/c1-5-7-13-16(18,6-2)15(17(3)4)14-11-9-8-10-12-14/h8-12,15,18H,5-7,13H2,1-4H3. The first kappa shape index (κ1) is 15.2. The molecule has 0 fully saturated rings. The van der Waals surface area contributed by atoms with E-state index in [0.29, 0.717) is 0 Å². The van der Waals surface area contributed by atoms with Gasteiger partial charge in [-0.1, -0.05) is 57.0 Å². The van der Waals surface area contributed by atoms with E-state index in [2.05, 4.69) is 30.9 Å². The van der Waals surface area contributed by atoms with E-state index in [0.717, 1.165) is 25.7 Å². The van der Waals surface area contributed by atoms with Crippen molar-refractivity contribution in [3.63, 3.8) is 0 Å². The first-order chi connectivity index (χ1) is 8.55. The lowest BCUT2D eigenvalue weighted by Crippen LogP contribution is -2.43. The molecule has 2 atom stereocenters.